The molecule has 0 saturated carbocycles. The molecule has 2 atom stereocenters. The fourth-order valence-corrected chi connectivity index (χ4v) is 3.88. The monoisotopic (exact) mass is 390 g/mol. The van der Waals surface area contributed by atoms with Crippen LogP contribution in [0.25, 0.3) is 5.69 Å². The fourth-order valence-electron chi connectivity index (χ4n) is 3.88. The minimum absolute atomic E-state index is 0.219. The van der Waals surface area contributed by atoms with Crippen molar-refractivity contribution in [2.24, 2.45) is 0 Å². The van der Waals surface area contributed by atoms with E-state index in [0.29, 0.717) is 11.3 Å². The van der Waals surface area contributed by atoms with Crippen LogP contribution >= 0.6 is 0 Å². The molecule has 1 saturated heterocycles. The SMILES string of the molecule is O=C(O)[C@@H]1c2nn(-c3ccccc3)cc2[C@H]2CN1C(=O)N2OCc1ccccc1. The number of aliphatic carboxylic acids is 1. The highest BCUT2D eigenvalue weighted by Gasteiger charge is 2.52. The van der Waals surface area contributed by atoms with Crippen LogP contribution in [0.15, 0.2) is 66.9 Å². The Morgan fingerprint density at radius 3 is 2.48 bits per heavy atom. The van der Waals surface area contributed by atoms with Gasteiger partial charge in [0.15, 0.2) is 6.04 Å². The lowest BCUT2D eigenvalue weighted by molar-refractivity contribution is -0.143. The molecule has 3 heterocycles. The Kier molecular flexibility index (Phi) is 4.06. The highest BCUT2D eigenvalue weighted by atomic mass is 16.7. The lowest BCUT2D eigenvalue weighted by Crippen LogP contribution is -2.38. The molecule has 1 fully saturated rings. The van der Waals surface area contributed by atoms with Crippen LogP contribution in [0.1, 0.15) is 28.9 Å². The van der Waals surface area contributed by atoms with Gasteiger partial charge in [0.2, 0.25) is 0 Å². The molecule has 2 aliphatic rings. The number of hydrogen-bond acceptors (Lipinski definition) is 4. The summed E-state index contributed by atoms with van der Waals surface area (Å²) in [5.41, 5.74) is 2.81. The second kappa shape index (κ2) is 6.75. The van der Waals surface area contributed by atoms with E-state index >= 15 is 0 Å². The van der Waals surface area contributed by atoms with Gasteiger partial charge in [0, 0.05) is 11.8 Å². The first-order chi connectivity index (χ1) is 14.1. The summed E-state index contributed by atoms with van der Waals surface area (Å²) >= 11 is 0. The van der Waals surface area contributed by atoms with E-state index in [1.807, 2.05) is 60.7 Å². The Bertz CT molecular complexity index is 1070. The number of fused-ring (bicyclic) bond motifs is 4. The van der Waals surface area contributed by atoms with Crippen molar-refractivity contribution >= 4 is 12.0 Å². The molecule has 0 radical (unpaired) electrons. The maximum atomic E-state index is 12.9. The normalized spacial score (nSPS) is 20.1. The summed E-state index contributed by atoms with van der Waals surface area (Å²) in [4.78, 5) is 32.0. The van der Waals surface area contributed by atoms with Gasteiger partial charge in [-0.05, 0) is 17.7 Å². The molecule has 2 aromatic carbocycles. The van der Waals surface area contributed by atoms with Gasteiger partial charge in [0.1, 0.15) is 18.3 Å². The van der Waals surface area contributed by atoms with Crippen LogP contribution in [0.2, 0.25) is 0 Å². The summed E-state index contributed by atoms with van der Waals surface area (Å²) in [6.45, 7) is 0.467. The molecule has 1 N–H and O–H groups in total. The number of hydroxylamine groups is 2. The van der Waals surface area contributed by atoms with E-state index in [9.17, 15) is 14.7 Å². The highest BCUT2D eigenvalue weighted by Crippen LogP contribution is 2.43. The van der Waals surface area contributed by atoms with Crippen molar-refractivity contribution in [3.8, 4) is 5.69 Å². The number of amides is 2. The molecule has 8 heteroatoms. The number of carboxylic acid groups (broad SMARTS) is 1. The molecule has 2 bridgehead atoms. The number of aromatic nitrogens is 2. The third-order valence-electron chi connectivity index (χ3n) is 5.26. The zero-order valence-electron chi connectivity index (χ0n) is 15.4. The number of para-hydroxylation sites is 1. The summed E-state index contributed by atoms with van der Waals surface area (Å²) in [7, 11) is 0. The Balaban J connectivity index is 1.51. The smallest absolute Gasteiger partial charge is 0.345 e. The number of carbonyl (C=O) groups is 2. The molecule has 146 valence electrons. The van der Waals surface area contributed by atoms with Crippen molar-refractivity contribution in [2.45, 2.75) is 18.7 Å². The van der Waals surface area contributed by atoms with E-state index in [1.54, 1.807) is 10.9 Å². The lowest BCUT2D eigenvalue weighted by Gasteiger charge is -2.26. The minimum atomic E-state index is -1.14. The van der Waals surface area contributed by atoms with Gasteiger partial charge in [0.05, 0.1) is 12.2 Å². The van der Waals surface area contributed by atoms with Crippen LogP contribution < -0.4 is 0 Å². The van der Waals surface area contributed by atoms with Gasteiger partial charge in [-0.25, -0.2) is 14.3 Å². The summed E-state index contributed by atoms with van der Waals surface area (Å²) < 4.78 is 1.66. The summed E-state index contributed by atoms with van der Waals surface area (Å²) in [5.74, 6) is -1.11. The van der Waals surface area contributed by atoms with E-state index in [0.717, 1.165) is 11.3 Å². The largest absolute Gasteiger partial charge is 0.479 e. The fraction of sp³-hybridized carbons (Fsp3) is 0.190. The number of hydrogen-bond donors (Lipinski definition) is 1. The molecule has 0 unspecified atom stereocenters. The van der Waals surface area contributed by atoms with Crippen molar-refractivity contribution in [2.75, 3.05) is 6.54 Å². The van der Waals surface area contributed by atoms with Crippen LogP contribution in [0.5, 0.6) is 0 Å². The van der Waals surface area contributed by atoms with Crippen molar-refractivity contribution in [3.05, 3.63) is 83.7 Å². The third kappa shape index (κ3) is 2.85. The first kappa shape index (κ1) is 17.4. The van der Waals surface area contributed by atoms with E-state index < -0.39 is 24.1 Å². The van der Waals surface area contributed by atoms with Gasteiger partial charge >= 0.3 is 12.0 Å². The van der Waals surface area contributed by atoms with Crippen LogP contribution in [0, 0.1) is 0 Å². The number of urea groups is 1. The second-order valence-electron chi connectivity index (χ2n) is 7.03. The van der Waals surface area contributed by atoms with Crippen molar-refractivity contribution in [1.82, 2.24) is 19.7 Å². The molecule has 0 aliphatic carbocycles. The molecule has 0 spiro atoms. The van der Waals surface area contributed by atoms with Crippen molar-refractivity contribution < 1.29 is 19.5 Å². The maximum absolute atomic E-state index is 12.9. The van der Waals surface area contributed by atoms with Crippen LogP contribution in [-0.4, -0.2) is 43.4 Å². The summed E-state index contributed by atoms with van der Waals surface area (Å²) in [5, 5.41) is 15.6. The van der Waals surface area contributed by atoms with Gasteiger partial charge in [0.25, 0.3) is 0 Å². The van der Waals surface area contributed by atoms with Crippen LogP contribution in [-0.2, 0) is 16.2 Å². The molecular weight excluding hydrogens is 372 g/mol. The van der Waals surface area contributed by atoms with Crippen LogP contribution in [0.3, 0.4) is 0 Å². The minimum Gasteiger partial charge on any atom is -0.479 e. The molecular formula is C21H18N4O4. The number of benzene rings is 2. The molecule has 2 amide bonds. The Morgan fingerprint density at radius 2 is 1.79 bits per heavy atom. The van der Waals surface area contributed by atoms with Gasteiger partial charge in [-0.1, -0.05) is 48.5 Å². The first-order valence-corrected chi connectivity index (χ1v) is 9.28. The van der Waals surface area contributed by atoms with Gasteiger partial charge in [-0.15, -0.1) is 0 Å². The van der Waals surface area contributed by atoms with Crippen molar-refractivity contribution in [1.29, 1.82) is 0 Å². The zero-order chi connectivity index (χ0) is 20.0. The standard InChI is InChI=1S/C21H18N4O4/c26-20(27)19-18-16(11-24(22-18)15-9-5-2-6-10-15)17-12-23(19)21(28)25(17)29-13-14-7-3-1-4-8-14/h1-11,17,19H,12-13H2,(H,26,27)/t17-,19+/m1/s1. The predicted octanol–water partition coefficient (Wildman–Crippen LogP) is 2.92. The lowest BCUT2D eigenvalue weighted by atomic mass is 9.98. The first-order valence-electron chi connectivity index (χ1n) is 9.28. The van der Waals surface area contributed by atoms with E-state index in [4.69, 9.17) is 4.84 Å². The highest BCUT2D eigenvalue weighted by molar-refractivity contribution is 5.86. The third-order valence-corrected chi connectivity index (χ3v) is 5.26. The van der Waals surface area contributed by atoms with Crippen LogP contribution in [0.4, 0.5) is 4.79 Å². The number of rotatable bonds is 5. The quantitative estimate of drug-likeness (QED) is 0.724. The number of carboxylic acids is 1. The predicted molar refractivity (Wildman–Crippen MR) is 102 cm³/mol. The van der Waals surface area contributed by atoms with Crippen molar-refractivity contribution in [3.63, 3.8) is 0 Å². The van der Waals surface area contributed by atoms with E-state index in [1.165, 1.54) is 9.96 Å². The Hall–Kier alpha value is -3.65. The molecule has 8 nitrogen and oxygen atoms in total. The summed E-state index contributed by atoms with van der Waals surface area (Å²) in [6.07, 6.45) is 1.79. The summed E-state index contributed by atoms with van der Waals surface area (Å²) in [6, 6.07) is 17.0. The average Bonchev–Trinajstić information content (AvgIpc) is 3.30. The Labute approximate surface area is 166 Å². The van der Waals surface area contributed by atoms with E-state index in [2.05, 4.69) is 5.10 Å². The molecule has 29 heavy (non-hydrogen) atoms. The average molecular weight is 390 g/mol. The topological polar surface area (TPSA) is 87.9 Å². The molecule has 5 rings (SSSR count). The van der Waals surface area contributed by atoms with Gasteiger partial charge in [-0.3, -0.25) is 4.84 Å². The number of nitrogens with zero attached hydrogens (tertiary/aromatic N) is 4. The number of carbonyl (C=O) groups excluding carboxylic acids is 1. The molecule has 2 aliphatic heterocycles. The molecule has 3 aromatic rings. The van der Waals surface area contributed by atoms with E-state index in [-0.39, 0.29) is 13.2 Å². The maximum Gasteiger partial charge on any atom is 0.345 e. The van der Waals surface area contributed by atoms with Gasteiger partial charge in [-0.2, -0.15) is 10.2 Å². The molecule has 1 aromatic heterocycles. The Morgan fingerprint density at radius 1 is 1.10 bits per heavy atom. The van der Waals surface area contributed by atoms with Gasteiger partial charge < -0.3 is 10.0 Å². The zero-order valence-corrected chi connectivity index (χ0v) is 15.4. The second-order valence-corrected chi connectivity index (χ2v) is 7.03.